The summed E-state index contributed by atoms with van der Waals surface area (Å²) in [5.74, 6) is -0.491. The number of nitrogens with zero attached hydrogens (tertiary/aromatic N) is 1. The van der Waals surface area contributed by atoms with Gasteiger partial charge in [-0.1, -0.05) is 11.6 Å². The van der Waals surface area contributed by atoms with Gasteiger partial charge in [-0.25, -0.2) is 9.78 Å². The molecular weight excluding hydrogens is 230 g/mol. The summed E-state index contributed by atoms with van der Waals surface area (Å²) in [4.78, 5) is 15.4. The molecule has 0 spiro atoms. The van der Waals surface area contributed by atoms with Crippen LogP contribution in [-0.2, 0) is 9.47 Å². The van der Waals surface area contributed by atoms with Crippen LogP contribution in [0.1, 0.15) is 24.3 Å². The van der Waals surface area contributed by atoms with Crippen molar-refractivity contribution in [3.63, 3.8) is 0 Å². The molecule has 16 heavy (non-hydrogen) atoms. The molecular formula is C11H14ClNO3. The zero-order valence-electron chi connectivity index (χ0n) is 9.27. The fourth-order valence-electron chi connectivity index (χ4n) is 1.08. The summed E-state index contributed by atoms with van der Waals surface area (Å²) in [7, 11) is 0. The molecule has 0 aliphatic rings. The molecule has 5 heteroatoms. The van der Waals surface area contributed by atoms with Crippen LogP contribution in [0.3, 0.4) is 0 Å². The van der Waals surface area contributed by atoms with Crippen molar-refractivity contribution in [2.24, 2.45) is 0 Å². The Morgan fingerprint density at radius 3 is 3.00 bits per heavy atom. The Balaban J connectivity index is 2.52. The zero-order valence-corrected chi connectivity index (χ0v) is 10.0. The van der Waals surface area contributed by atoms with Crippen LogP contribution in [0.4, 0.5) is 0 Å². The number of ether oxygens (including phenoxy) is 2. The fraction of sp³-hybridized carbons (Fsp3) is 0.455. The van der Waals surface area contributed by atoms with E-state index in [0.29, 0.717) is 18.2 Å². The number of hydrogen-bond donors (Lipinski definition) is 0. The van der Waals surface area contributed by atoms with Gasteiger partial charge in [0.25, 0.3) is 0 Å². The second-order valence-electron chi connectivity index (χ2n) is 3.23. The first-order chi connectivity index (χ1) is 7.63. The molecule has 4 nitrogen and oxygen atoms in total. The molecule has 0 saturated carbocycles. The third kappa shape index (κ3) is 4.16. The quantitative estimate of drug-likeness (QED) is 0.745. The van der Waals surface area contributed by atoms with Crippen molar-refractivity contribution in [3.05, 3.63) is 29.0 Å². The van der Waals surface area contributed by atoms with Crippen molar-refractivity contribution in [2.45, 2.75) is 20.0 Å². The van der Waals surface area contributed by atoms with E-state index in [1.54, 1.807) is 13.0 Å². The van der Waals surface area contributed by atoms with E-state index in [1.807, 2.05) is 6.92 Å². The molecule has 1 atom stereocenters. The van der Waals surface area contributed by atoms with Crippen LogP contribution in [0, 0.1) is 0 Å². The lowest BCUT2D eigenvalue weighted by molar-refractivity contribution is 0.00387. The first kappa shape index (κ1) is 12.9. The van der Waals surface area contributed by atoms with Crippen LogP contribution in [0.25, 0.3) is 0 Å². The molecule has 0 fully saturated rings. The molecule has 0 saturated heterocycles. The monoisotopic (exact) mass is 243 g/mol. The van der Waals surface area contributed by atoms with Gasteiger partial charge in [-0.05, 0) is 26.0 Å². The first-order valence-electron chi connectivity index (χ1n) is 5.03. The van der Waals surface area contributed by atoms with Crippen LogP contribution in [0.2, 0.25) is 5.02 Å². The van der Waals surface area contributed by atoms with Crippen LogP contribution in [0.15, 0.2) is 18.3 Å². The summed E-state index contributed by atoms with van der Waals surface area (Å²) in [5.41, 5.74) is 0.204. The van der Waals surface area contributed by atoms with Crippen molar-refractivity contribution in [1.29, 1.82) is 0 Å². The van der Waals surface area contributed by atoms with Crippen molar-refractivity contribution < 1.29 is 14.3 Å². The molecule has 1 rings (SSSR count). The number of rotatable bonds is 5. The van der Waals surface area contributed by atoms with Gasteiger partial charge in [0.2, 0.25) is 0 Å². The second-order valence-corrected chi connectivity index (χ2v) is 3.67. The minimum Gasteiger partial charge on any atom is -0.455 e. The van der Waals surface area contributed by atoms with Gasteiger partial charge in [0.1, 0.15) is 11.8 Å². The van der Waals surface area contributed by atoms with E-state index in [0.717, 1.165) is 0 Å². The molecule has 1 unspecified atom stereocenters. The lowest BCUT2D eigenvalue weighted by Gasteiger charge is -2.12. The molecule has 1 heterocycles. The van der Waals surface area contributed by atoms with Gasteiger partial charge in [0.05, 0.1) is 6.61 Å². The van der Waals surface area contributed by atoms with Gasteiger partial charge < -0.3 is 9.47 Å². The molecule has 88 valence electrons. The number of hydrogen-bond acceptors (Lipinski definition) is 4. The molecule has 0 aliphatic heterocycles. The molecule has 1 aromatic heterocycles. The number of carbonyl (C=O) groups excluding carboxylic acids is 1. The third-order valence-corrected chi connectivity index (χ3v) is 2.03. The van der Waals surface area contributed by atoms with Crippen LogP contribution in [-0.4, -0.2) is 30.3 Å². The highest BCUT2D eigenvalue weighted by atomic mass is 35.5. The highest BCUT2D eigenvalue weighted by molar-refractivity contribution is 6.30. The van der Waals surface area contributed by atoms with Gasteiger partial charge in [0, 0.05) is 17.8 Å². The highest BCUT2D eigenvalue weighted by Gasteiger charge is 2.13. The normalized spacial score (nSPS) is 12.2. The fourth-order valence-corrected chi connectivity index (χ4v) is 1.24. The van der Waals surface area contributed by atoms with Crippen LogP contribution < -0.4 is 0 Å². The second kappa shape index (κ2) is 6.45. The van der Waals surface area contributed by atoms with Crippen molar-refractivity contribution in [2.75, 3.05) is 13.2 Å². The number of carbonyl (C=O) groups is 1. The molecule has 0 bridgehead atoms. The topological polar surface area (TPSA) is 48.4 Å². The average Bonchev–Trinajstić information content (AvgIpc) is 2.26. The average molecular weight is 244 g/mol. The Kier molecular flexibility index (Phi) is 5.22. The van der Waals surface area contributed by atoms with Gasteiger partial charge in [-0.3, -0.25) is 0 Å². The number of esters is 1. The zero-order chi connectivity index (χ0) is 12.0. The van der Waals surface area contributed by atoms with E-state index < -0.39 is 5.97 Å². The summed E-state index contributed by atoms with van der Waals surface area (Å²) in [5, 5.41) is 0.458. The summed E-state index contributed by atoms with van der Waals surface area (Å²) >= 11 is 5.74. The predicted molar refractivity (Wildman–Crippen MR) is 60.6 cm³/mol. The lowest BCUT2D eigenvalue weighted by atomic mass is 10.3. The SMILES string of the molecule is CCOCC(C)OC(=O)c1cc(Cl)ccn1. The van der Waals surface area contributed by atoms with E-state index in [4.69, 9.17) is 21.1 Å². The van der Waals surface area contributed by atoms with E-state index in [2.05, 4.69) is 4.98 Å². The molecule has 0 amide bonds. The van der Waals surface area contributed by atoms with Gasteiger partial charge in [-0.15, -0.1) is 0 Å². The minimum absolute atomic E-state index is 0.204. The Morgan fingerprint density at radius 2 is 2.38 bits per heavy atom. The molecule has 1 aromatic rings. The maximum atomic E-state index is 11.6. The van der Waals surface area contributed by atoms with E-state index >= 15 is 0 Å². The maximum Gasteiger partial charge on any atom is 0.357 e. The third-order valence-electron chi connectivity index (χ3n) is 1.80. The van der Waals surface area contributed by atoms with Crippen molar-refractivity contribution >= 4 is 17.6 Å². The minimum atomic E-state index is -0.491. The molecule has 0 N–H and O–H groups in total. The summed E-state index contributed by atoms with van der Waals surface area (Å²) < 4.78 is 10.2. The smallest absolute Gasteiger partial charge is 0.357 e. The van der Waals surface area contributed by atoms with Crippen molar-refractivity contribution in [1.82, 2.24) is 4.98 Å². The Labute approximate surface area is 99.5 Å². The van der Waals surface area contributed by atoms with Gasteiger partial charge in [-0.2, -0.15) is 0 Å². The Bertz CT molecular complexity index is 357. The number of halogens is 1. The van der Waals surface area contributed by atoms with E-state index in [1.165, 1.54) is 12.3 Å². The first-order valence-corrected chi connectivity index (χ1v) is 5.41. The number of aromatic nitrogens is 1. The number of pyridine rings is 1. The van der Waals surface area contributed by atoms with Crippen LogP contribution >= 0.6 is 11.6 Å². The summed E-state index contributed by atoms with van der Waals surface area (Å²) in [6.45, 7) is 4.62. The maximum absolute atomic E-state index is 11.6. The van der Waals surface area contributed by atoms with E-state index in [-0.39, 0.29) is 11.8 Å². The Hall–Kier alpha value is -1.13. The lowest BCUT2D eigenvalue weighted by Crippen LogP contribution is -2.21. The standard InChI is InChI=1S/C11H14ClNO3/c1-3-15-7-8(2)16-11(14)10-6-9(12)4-5-13-10/h4-6,8H,3,7H2,1-2H3. The van der Waals surface area contributed by atoms with E-state index in [9.17, 15) is 4.79 Å². The van der Waals surface area contributed by atoms with Crippen LogP contribution in [0.5, 0.6) is 0 Å². The van der Waals surface area contributed by atoms with Gasteiger partial charge >= 0.3 is 5.97 Å². The summed E-state index contributed by atoms with van der Waals surface area (Å²) in [6.07, 6.45) is 1.17. The van der Waals surface area contributed by atoms with Gasteiger partial charge in [0.15, 0.2) is 0 Å². The molecule has 0 radical (unpaired) electrons. The molecule has 0 aromatic carbocycles. The highest BCUT2D eigenvalue weighted by Crippen LogP contribution is 2.09. The Morgan fingerprint density at radius 1 is 1.62 bits per heavy atom. The molecule has 0 aliphatic carbocycles. The predicted octanol–water partition coefficient (Wildman–Crippen LogP) is 2.32. The van der Waals surface area contributed by atoms with Crippen molar-refractivity contribution in [3.8, 4) is 0 Å². The largest absolute Gasteiger partial charge is 0.455 e. The summed E-state index contributed by atoms with van der Waals surface area (Å²) in [6, 6.07) is 3.07.